The van der Waals surface area contributed by atoms with E-state index >= 15 is 0 Å². The number of para-hydroxylation sites is 1. The molecule has 2 N–H and O–H groups in total. The van der Waals surface area contributed by atoms with Crippen molar-refractivity contribution in [2.75, 3.05) is 32.6 Å². The van der Waals surface area contributed by atoms with Crippen LogP contribution < -0.4 is 4.90 Å². The third-order valence-corrected chi connectivity index (χ3v) is 9.73. The number of fused-ring (bicyclic) bond motifs is 2. The van der Waals surface area contributed by atoms with Gasteiger partial charge in [-0.3, -0.25) is 9.48 Å². The summed E-state index contributed by atoms with van der Waals surface area (Å²) in [7, 11) is 5.41. The lowest BCUT2D eigenvalue weighted by molar-refractivity contribution is -0.165. The smallest absolute Gasteiger partial charge is 0.311 e. The van der Waals surface area contributed by atoms with Crippen molar-refractivity contribution in [2.24, 2.45) is 17.3 Å². The summed E-state index contributed by atoms with van der Waals surface area (Å²) in [6, 6.07) is 16.2. The fraction of sp³-hybridized carbons (Fsp3) is 0.455. The molecule has 0 amide bonds. The van der Waals surface area contributed by atoms with Crippen LogP contribution in [0.5, 0.6) is 0 Å². The molecule has 1 saturated carbocycles. The molecule has 1 aliphatic heterocycles. The van der Waals surface area contributed by atoms with E-state index in [-0.39, 0.29) is 23.3 Å². The number of aliphatic hydroxyl groups excluding tert-OH is 1. The second-order valence-corrected chi connectivity index (χ2v) is 12.5. The molecule has 4 aromatic rings. The average molecular weight is 582 g/mol. The standard InChI is InChI=1S/C33H39N7O3/c1-33-15-13-29(41)30(32(42)43-4)25(33)17-28(39(19-33)20-34)31-24(23-7-5-6-8-26(23)35-31)14-16-40-18-27(36-37-40)21-9-11-22(12-10-21)38(2)3/h5-12,18,25,28-30,35,41H,13-17,19H2,1-4H3/t25-,28+,29+,30-,33?/m1/s1. The maximum Gasteiger partial charge on any atom is 0.311 e. The van der Waals surface area contributed by atoms with Crippen molar-refractivity contribution in [3.05, 3.63) is 66.0 Å². The average Bonchev–Trinajstić information content (AvgIpc) is 3.64. The van der Waals surface area contributed by atoms with Crippen molar-refractivity contribution in [3.8, 4) is 17.5 Å². The molecule has 2 aliphatic rings. The first-order valence-electron chi connectivity index (χ1n) is 14.9. The zero-order valence-corrected chi connectivity index (χ0v) is 25.2. The molecular formula is C33H39N7O3. The van der Waals surface area contributed by atoms with Gasteiger partial charge in [-0.15, -0.1) is 5.10 Å². The number of ether oxygens (including phenoxy) is 1. The van der Waals surface area contributed by atoms with Crippen molar-refractivity contribution in [1.82, 2.24) is 24.9 Å². The Hall–Kier alpha value is -4.36. The number of esters is 1. The molecule has 2 aromatic heterocycles. The summed E-state index contributed by atoms with van der Waals surface area (Å²) in [5.41, 5.74) is 5.78. The second kappa shape index (κ2) is 11.4. The summed E-state index contributed by atoms with van der Waals surface area (Å²) in [6.45, 7) is 3.27. The highest BCUT2D eigenvalue weighted by molar-refractivity contribution is 5.85. The number of hydrogen-bond acceptors (Lipinski definition) is 8. The Kier molecular flexibility index (Phi) is 7.61. The molecule has 1 unspecified atom stereocenters. The molecule has 0 bridgehead atoms. The number of carbonyl (C=O) groups is 1. The van der Waals surface area contributed by atoms with Gasteiger partial charge in [-0.25, -0.2) is 0 Å². The number of aliphatic hydroxyl groups is 1. The normalized spacial score (nSPS) is 25.3. The van der Waals surface area contributed by atoms with Gasteiger partial charge >= 0.3 is 5.97 Å². The topological polar surface area (TPSA) is 123 Å². The van der Waals surface area contributed by atoms with E-state index in [2.05, 4.69) is 69.7 Å². The lowest BCUT2D eigenvalue weighted by atomic mass is 9.57. The molecular weight excluding hydrogens is 542 g/mol. The Morgan fingerprint density at radius 1 is 1.23 bits per heavy atom. The summed E-state index contributed by atoms with van der Waals surface area (Å²) >= 11 is 0. The van der Waals surface area contributed by atoms with Gasteiger partial charge in [-0.2, -0.15) is 5.26 Å². The molecule has 3 heterocycles. The summed E-state index contributed by atoms with van der Waals surface area (Å²) in [6.07, 6.45) is 6.21. The van der Waals surface area contributed by atoms with Crippen LogP contribution in [0.4, 0.5) is 5.69 Å². The highest BCUT2D eigenvalue weighted by atomic mass is 16.5. The number of nitrogens with zero attached hydrogens (tertiary/aromatic N) is 6. The Bertz CT molecular complexity index is 1650. The van der Waals surface area contributed by atoms with E-state index < -0.39 is 12.0 Å². The number of methoxy groups -OCH3 is 1. The SMILES string of the molecule is COC(=O)[C@@H]1[C@H]2C[C@@H](c3[nH]c4ccccc4c3CCn3cc(-c4ccc(N(C)C)cc4)nn3)N(C#N)CC2(C)CC[C@@H]1O. The fourth-order valence-electron chi connectivity index (χ4n) is 7.35. The zero-order chi connectivity index (χ0) is 30.3. The minimum absolute atomic E-state index is 0.116. The number of benzene rings is 2. The number of rotatable bonds is 7. The van der Waals surface area contributed by atoms with E-state index in [9.17, 15) is 15.2 Å². The van der Waals surface area contributed by atoms with Gasteiger partial charge < -0.3 is 24.6 Å². The quantitative estimate of drug-likeness (QED) is 0.241. The Morgan fingerprint density at radius 2 is 2.00 bits per heavy atom. The van der Waals surface area contributed by atoms with E-state index in [1.807, 2.05) is 42.0 Å². The number of nitriles is 1. The minimum Gasteiger partial charge on any atom is -0.469 e. The minimum atomic E-state index is -0.748. The third kappa shape index (κ3) is 5.23. The molecule has 2 fully saturated rings. The van der Waals surface area contributed by atoms with Gasteiger partial charge in [-0.1, -0.05) is 42.5 Å². The van der Waals surface area contributed by atoms with Crippen LogP contribution in [0.2, 0.25) is 0 Å². The van der Waals surface area contributed by atoms with Gasteiger partial charge in [-0.05, 0) is 60.8 Å². The molecule has 224 valence electrons. The number of aromatic nitrogens is 4. The van der Waals surface area contributed by atoms with Gasteiger partial charge in [0.15, 0.2) is 6.19 Å². The zero-order valence-electron chi connectivity index (χ0n) is 25.2. The summed E-state index contributed by atoms with van der Waals surface area (Å²) < 4.78 is 7.02. The van der Waals surface area contributed by atoms with Gasteiger partial charge in [0.2, 0.25) is 0 Å². The first kappa shape index (κ1) is 28.7. The molecule has 10 nitrogen and oxygen atoms in total. The lowest BCUT2D eigenvalue weighted by Gasteiger charge is -2.54. The van der Waals surface area contributed by atoms with Crippen LogP contribution in [0.1, 0.15) is 43.5 Å². The van der Waals surface area contributed by atoms with Gasteiger partial charge in [0.25, 0.3) is 0 Å². The van der Waals surface area contributed by atoms with Crippen LogP contribution >= 0.6 is 0 Å². The van der Waals surface area contributed by atoms with Crippen LogP contribution in [0.25, 0.3) is 22.2 Å². The van der Waals surface area contributed by atoms with E-state index in [0.29, 0.717) is 32.4 Å². The Morgan fingerprint density at radius 3 is 2.72 bits per heavy atom. The van der Waals surface area contributed by atoms with E-state index in [1.54, 1.807) is 0 Å². The van der Waals surface area contributed by atoms with Crippen molar-refractivity contribution in [1.29, 1.82) is 5.26 Å². The highest BCUT2D eigenvalue weighted by Gasteiger charge is 2.54. The van der Waals surface area contributed by atoms with Crippen LogP contribution in [0, 0.1) is 28.7 Å². The first-order chi connectivity index (χ1) is 20.7. The van der Waals surface area contributed by atoms with Crippen LogP contribution in [0.3, 0.4) is 0 Å². The fourth-order valence-corrected chi connectivity index (χ4v) is 7.35. The number of anilines is 1. The molecule has 0 spiro atoms. The molecule has 10 heteroatoms. The second-order valence-electron chi connectivity index (χ2n) is 12.5. The number of aromatic amines is 1. The molecule has 5 atom stereocenters. The van der Waals surface area contributed by atoms with Crippen molar-refractivity contribution >= 4 is 22.6 Å². The van der Waals surface area contributed by atoms with E-state index in [4.69, 9.17) is 4.74 Å². The first-order valence-corrected chi connectivity index (χ1v) is 14.9. The highest BCUT2D eigenvalue weighted by Crippen LogP contribution is 2.54. The maximum absolute atomic E-state index is 12.9. The largest absolute Gasteiger partial charge is 0.469 e. The van der Waals surface area contributed by atoms with E-state index in [1.165, 1.54) is 7.11 Å². The number of hydrogen-bond donors (Lipinski definition) is 2. The Labute approximate surface area is 251 Å². The van der Waals surface area contributed by atoms with Crippen molar-refractivity contribution in [3.63, 3.8) is 0 Å². The van der Waals surface area contributed by atoms with Gasteiger partial charge in [0.05, 0.1) is 31.4 Å². The number of likely N-dealkylation sites (tertiary alicyclic amines) is 1. The maximum atomic E-state index is 12.9. The van der Waals surface area contributed by atoms with Crippen LogP contribution in [0.15, 0.2) is 54.7 Å². The number of carbonyl (C=O) groups excluding carboxylic acids is 1. The molecule has 2 aromatic carbocycles. The number of nitrogens with one attached hydrogen (secondary N) is 1. The summed E-state index contributed by atoms with van der Waals surface area (Å²) in [4.78, 5) is 20.5. The van der Waals surface area contributed by atoms with Crippen molar-refractivity contribution in [2.45, 2.75) is 51.3 Å². The molecule has 6 rings (SSSR count). The number of H-pyrrole nitrogens is 1. The molecule has 1 aliphatic carbocycles. The number of aryl methyl sites for hydroxylation is 2. The predicted molar refractivity (Wildman–Crippen MR) is 164 cm³/mol. The van der Waals surface area contributed by atoms with Crippen LogP contribution in [-0.2, 0) is 22.5 Å². The summed E-state index contributed by atoms with van der Waals surface area (Å²) in [5.74, 6) is -1.10. The van der Waals surface area contributed by atoms with Gasteiger partial charge in [0, 0.05) is 55.0 Å². The molecule has 1 saturated heterocycles. The number of piperidine rings is 1. The lowest BCUT2D eigenvalue weighted by Crippen LogP contribution is -2.56. The third-order valence-electron chi connectivity index (χ3n) is 9.73. The van der Waals surface area contributed by atoms with Crippen molar-refractivity contribution < 1.29 is 14.6 Å². The predicted octanol–water partition coefficient (Wildman–Crippen LogP) is 4.53. The molecule has 0 radical (unpaired) electrons. The van der Waals surface area contributed by atoms with Gasteiger partial charge in [0.1, 0.15) is 5.69 Å². The monoisotopic (exact) mass is 581 g/mol. The van der Waals surface area contributed by atoms with Crippen LogP contribution in [-0.4, -0.2) is 69.8 Å². The Balaban J connectivity index is 1.30. The molecule has 43 heavy (non-hydrogen) atoms. The van der Waals surface area contributed by atoms with E-state index in [0.717, 1.165) is 45.5 Å². The summed E-state index contributed by atoms with van der Waals surface area (Å²) in [5, 5.41) is 31.2.